The lowest BCUT2D eigenvalue weighted by Crippen LogP contribution is -2.22. The van der Waals surface area contributed by atoms with E-state index in [1.807, 2.05) is 20.2 Å². The zero-order chi connectivity index (χ0) is 13.1. The van der Waals surface area contributed by atoms with Crippen LogP contribution < -0.4 is 10.2 Å². The summed E-state index contributed by atoms with van der Waals surface area (Å²) < 4.78 is 1.73. The molecule has 0 bridgehead atoms. The molecule has 0 saturated carbocycles. The Bertz CT molecular complexity index is 533. The standard InChI is InChI=1S/C13H20N4O/c1-10-5-6-11-12(9-10)17(18-4)13(15-11)14-7-8-16(2)3/h5-6,9H,7-8H2,1-4H3,(H,14,15). The smallest absolute Gasteiger partial charge is 0.237 e. The van der Waals surface area contributed by atoms with E-state index in [0.717, 1.165) is 30.1 Å². The van der Waals surface area contributed by atoms with Crippen molar-refractivity contribution in [3.05, 3.63) is 23.8 Å². The second-order valence-corrected chi connectivity index (χ2v) is 4.63. The summed E-state index contributed by atoms with van der Waals surface area (Å²) in [5.41, 5.74) is 3.13. The third kappa shape index (κ3) is 2.56. The summed E-state index contributed by atoms with van der Waals surface area (Å²) in [6, 6.07) is 6.14. The van der Waals surface area contributed by atoms with E-state index in [-0.39, 0.29) is 0 Å². The summed E-state index contributed by atoms with van der Waals surface area (Å²) in [7, 11) is 5.75. The average molecular weight is 248 g/mol. The van der Waals surface area contributed by atoms with Gasteiger partial charge in [0, 0.05) is 13.1 Å². The van der Waals surface area contributed by atoms with Crippen molar-refractivity contribution in [3.8, 4) is 0 Å². The van der Waals surface area contributed by atoms with Crippen LogP contribution in [0.5, 0.6) is 0 Å². The highest BCUT2D eigenvalue weighted by atomic mass is 16.6. The number of hydrogen-bond acceptors (Lipinski definition) is 4. The van der Waals surface area contributed by atoms with Gasteiger partial charge in [-0.15, -0.1) is 4.73 Å². The molecular weight excluding hydrogens is 228 g/mol. The Labute approximate surface area is 107 Å². The molecule has 2 aromatic rings. The lowest BCUT2D eigenvalue weighted by molar-refractivity contribution is 0.182. The zero-order valence-electron chi connectivity index (χ0n) is 11.4. The first-order chi connectivity index (χ1) is 8.61. The topological polar surface area (TPSA) is 42.3 Å². The first-order valence-electron chi connectivity index (χ1n) is 6.04. The molecule has 2 rings (SSSR count). The normalized spacial score (nSPS) is 11.2. The maximum absolute atomic E-state index is 5.39. The molecule has 0 fully saturated rings. The largest absolute Gasteiger partial charge is 0.414 e. The maximum Gasteiger partial charge on any atom is 0.237 e. The third-order valence-corrected chi connectivity index (χ3v) is 2.79. The van der Waals surface area contributed by atoms with Crippen LogP contribution in [0.15, 0.2) is 18.2 Å². The van der Waals surface area contributed by atoms with E-state index in [9.17, 15) is 0 Å². The van der Waals surface area contributed by atoms with Gasteiger partial charge in [0.1, 0.15) is 12.6 Å². The molecule has 0 amide bonds. The summed E-state index contributed by atoms with van der Waals surface area (Å²) in [5.74, 6) is 0.750. The third-order valence-electron chi connectivity index (χ3n) is 2.79. The highest BCUT2D eigenvalue weighted by Crippen LogP contribution is 2.19. The Morgan fingerprint density at radius 2 is 2.17 bits per heavy atom. The lowest BCUT2D eigenvalue weighted by Gasteiger charge is -2.11. The van der Waals surface area contributed by atoms with Crippen LogP contribution in [0.1, 0.15) is 5.56 Å². The number of aromatic nitrogens is 2. The minimum absolute atomic E-state index is 0.750. The van der Waals surface area contributed by atoms with Crippen molar-refractivity contribution in [1.82, 2.24) is 14.6 Å². The van der Waals surface area contributed by atoms with Crippen molar-refractivity contribution < 1.29 is 4.84 Å². The molecule has 0 aliphatic heterocycles. The first-order valence-corrected chi connectivity index (χ1v) is 6.04. The first kappa shape index (κ1) is 12.7. The van der Waals surface area contributed by atoms with Gasteiger partial charge >= 0.3 is 0 Å². The number of nitrogens with zero attached hydrogens (tertiary/aromatic N) is 3. The molecule has 1 aromatic heterocycles. The number of aryl methyl sites for hydroxylation is 1. The molecule has 0 unspecified atom stereocenters. The molecule has 1 aromatic carbocycles. The van der Waals surface area contributed by atoms with Crippen LogP contribution >= 0.6 is 0 Å². The molecule has 5 nitrogen and oxygen atoms in total. The molecule has 0 saturated heterocycles. The van der Waals surface area contributed by atoms with E-state index in [2.05, 4.69) is 34.3 Å². The summed E-state index contributed by atoms with van der Waals surface area (Å²) in [4.78, 5) is 12.0. The van der Waals surface area contributed by atoms with Crippen molar-refractivity contribution in [2.75, 3.05) is 39.6 Å². The fraction of sp³-hybridized carbons (Fsp3) is 0.462. The predicted molar refractivity (Wildman–Crippen MR) is 74.0 cm³/mol. The van der Waals surface area contributed by atoms with E-state index in [0.29, 0.717) is 0 Å². The quantitative estimate of drug-likeness (QED) is 0.868. The van der Waals surface area contributed by atoms with Gasteiger partial charge in [-0.05, 0) is 38.7 Å². The second-order valence-electron chi connectivity index (χ2n) is 4.63. The molecule has 0 radical (unpaired) electrons. The van der Waals surface area contributed by atoms with E-state index in [4.69, 9.17) is 4.84 Å². The molecule has 1 heterocycles. The molecule has 0 aliphatic rings. The minimum Gasteiger partial charge on any atom is -0.414 e. The van der Waals surface area contributed by atoms with E-state index in [1.54, 1.807) is 11.8 Å². The average Bonchev–Trinajstić information content (AvgIpc) is 2.65. The van der Waals surface area contributed by atoms with Crippen LogP contribution in [0, 0.1) is 6.92 Å². The van der Waals surface area contributed by atoms with Gasteiger partial charge in [0.05, 0.1) is 5.52 Å². The molecule has 0 atom stereocenters. The molecule has 0 aliphatic carbocycles. The second kappa shape index (κ2) is 5.27. The van der Waals surface area contributed by atoms with Gasteiger partial charge in [-0.25, -0.2) is 4.98 Å². The molecule has 18 heavy (non-hydrogen) atoms. The summed E-state index contributed by atoms with van der Waals surface area (Å²) >= 11 is 0. The molecular formula is C13H20N4O. The van der Waals surface area contributed by atoms with Crippen LogP contribution in [0.3, 0.4) is 0 Å². The highest BCUT2D eigenvalue weighted by Gasteiger charge is 2.10. The number of fused-ring (bicyclic) bond motifs is 1. The summed E-state index contributed by atoms with van der Waals surface area (Å²) in [6.45, 7) is 3.84. The van der Waals surface area contributed by atoms with Crippen molar-refractivity contribution in [2.45, 2.75) is 6.92 Å². The monoisotopic (exact) mass is 248 g/mol. The molecule has 1 N–H and O–H groups in total. The lowest BCUT2D eigenvalue weighted by atomic mass is 10.2. The van der Waals surface area contributed by atoms with Crippen molar-refractivity contribution in [3.63, 3.8) is 0 Å². The van der Waals surface area contributed by atoms with Crippen LogP contribution in [0.4, 0.5) is 5.95 Å². The highest BCUT2D eigenvalue weighted by molar-refractivity contribution is 5.79. The van der Waals surface area contributed by atoms with Gasteiger partial charge < -0.3 is 15.1 Å². The van der Waals surface area contributed by atoms with Gasteiger partial charge in [-0.2, -0.15) is 0 Å². The van der Waals surface area contributed by atoms with Crippen LogP contribution in [0.2, 0.25) is 0 Å². The van der Waals surface area contributed by atoms with E-state index < -0.39 is 0 Å². The number of imidazole rings is 1. The SMILES string of the molecule is COn1c(NCCN(C)C)nc2ccc(C)cc21. The Balaban J connectivity index is 2.27. The number of nitrogens with one attached hydrogen (secondary N) is 1. The number of likely N-dealkylation sites (N-methyl/N-ethyl adjacent to an activating group) is 1. The van der Waals surface area contributed by atoms with Crippen molar-refractivity contribution >= 4 is 17.0 Å². The van der Waals surface area contributed by atoms with E-state index in [1.165, 1.54) is 5.56 Å². The maximum atomic E-state index is 5.39. The van der Waals surface area contributed by atoms with Crippen molar-refractivity contribution in [2.24, 2.45) is 0 Å². The van der Waals surface area contributed by atoms with Crippen LogP contribution in [-0.4, -0.2) is 48.9 Å². The van der Waals surface area contributed by atoms with Gasteiger partial charge in [0.25, 0.3) is 0 Å². The summed E-state index contributed by atoms with van der Waals surface area (Å²) in [6.07, 6.45) is 0. The Morgan fingerprint density at radius 1 is 1.39 bits per heavy atom. The van der Waals surface area contributed by atoms with Gasteiger partial charge in [-0.3, -0.25) is 0 Å². The van der Waals surface area contributed by atoms with Crippen LogP contribution in [0.25, 0.3) is 11.0 Å². The Kier molecular flexibility index (Phi) is 3.72. The number of benzene rings is 1. The summed E-state index contributed by atoms with van der Waals surface area (Å²) in [5, 5.41) is 3.29. The minimum atomic E-state index is 0.750. The van der Waals surface area contributed by atoms with E-state index >= 15 is 0 Å². The van der Waals surface area contributed by atoms with Gasteiger partial charge in [0.15, 0.2) is 0 Å². The molecule has 0 spiro atoms. The zero-order valence-corrected chi connectivity index (χ0v) is 11.4. The Morgan fingerprint density at radius 3 is 2.83 bits per heavy atom. The molecule has 98 valence electrons. The fourth-order valence-electron chi connectivity index (χ4n) is 1.85. The predicted octanol–water partition coefficient (Wildman–Crippen LogP) is 1.38. The molecule has 5 heteroatoms. The van der Waals surface area contributed by atoms with Crippen molar-refractivity contribution in [1.29, 1.82) is 0 Å². The van der Waals surface area contributed by atoms with Gasteiger partial charge in [-0.1, -0.05) is 6.07 Å². The fourth-order valence-corrected chi connectivity index (χ4v) is 1.85. The van der Waals surface area contributed by atoms with Gasteiger partial charge in [0.2, 0.25) is 5.95 Å². The number of rotatable bonds is 5. The number of anilines is 1. The van der Waals surface area contributed by atoms with Crippen LogP contribution in [-0.2, 0) is 0 Å². The number of hydrogen-bond donors (Lipinski definition) is 1. The Hall–Kier alpha value is -1.75.